The topological polar surface area (TPSA) is 131 Å². The third-order valence-electron chi connectivity index (χ3n) is 7.66. The molecule has 2 bridgehead atoms. The maximum absolute atomic E-state index is 13.8. The SMILES string of the molecule is CC(C)[C@H]1CCN2C(=O)[C@@H](NC(=O)C(F)(F)F)C(C)(C)C/C=C/[C@@H]3CC(C[C@@H](C#N)NC(=O)[C@H]12)C(=O)N3. The average molecular weight is 526 g/mol. The number of hydrogen-bond donors (Lipinski definition) is 3. The van der Waals surface area contributed by atoms with Crippen LogP contribution in [-0.2, 0) is 19.2 Å². The number of nitrogens with one attached hydrogen (secondary N) is 3. The van der Waals surface area contributed by atoms with Gasteiger partial charge in [0.05, 0.1) is 6.07 Å². The van der Waals surface area contributed by atoms with E-state index in [4.69, 9.17) is 0 Å². The van der Waals surface area contributed by atoms with Crippen molar-refractivity contribution in [1.82, 2.24) is 20.9 Å². The Hall–Kier alpha value is -3.10. The van der Waals surface area contributed by atoms with Crippen LogP contribution in [0.25, 0.3) is 0 Å². The van der Waals surface area contributed by atoms with Crippen LogP contribution in [0.5, 0.6) is 0 Å². The van der Waals surface area contributed by atoms with Crippen LogP contribution in [0.1, 0.15) is 53.4 Å². The van der Waals surface area contributed by atoms with Gasteiger partial charge in [0, 0.05) is 18.5 Å². The van der Waals surface area contributed by atoms with Crippen LogP contribution in [0.4, 0.5) is 13.2 Å². The Kier molecular flexibility index (Phi) is 8.24. The Morgan fingerprint density at radius 2 is 1.86 bits per heavy atom. The lowest BCUT2D eigenvalue weighted by molar-refractivity contribution is -0.176. The van der Waals surface area contributed by atoms with E-state index >= 15 is 0 Å². The van der Waals surface area contributed by atoms with Crippen molar-refractivity contribution < 1.29 is 32.3 Å². The number of alkyl halides is 3. The van der Waals surface area contributed by atoms with Gasteiger partial charge in [-0.3, -0.25) is 19.2 Å². The molecule has 37 heavy (non-hydrogen) atoms. The molecule has 0 aromatic rings. The quantitative estimate of drug-likeness (QED) is 0.473. The fraction of sp³-hybridized carbons (Fsp3) is 0.720. The molecule has 3 aliphatic heterocycles. The van der Waals surface area contributed by atoms with Crippen molar-refractivity contribution in [1.29, 1.82) is 5.26 Å². The summed E-state index contributed by atoms with van der Waals surface area (Å²) in [6, 6.07) is -1.94. The summed E-state index contributed by atoms with van der Waals surface area (Å²) in [5, 5.41) is 17.0. The highest BCUT2D eigenvalue weighted by Crippen LogP contribution is 2.35. The Bertz CT molecular complexity index is 1000. The lowest BCUT2D eigenvalue weighted by atomic mass is 9.79. The standard InChI is InChI=1S/C25H34F3N5O4/c1-13(2)17-7-9-33-18(17)21(35)31-16(12-29)11-14-10-15(30-20(14)34)6-5-8-24(3,4)19(22(33)36)32-23(37)25(26,27)28/h5-6,13-19H,7-11H2,1-4H3,(H,30,34)(H,31,35)(H,32,37)/b6-5+/t14?,15-,16+,17-,18+,19-/m1/s1. The first kappa shape index (κ1) is 28.5. The number of nitriles is 1. The highest BCUT2D eigenvalue weighted by atomic mass is 19.4. The van der Waals surface area contributed by atoms with E-state index in [0.29, 0.717) is 12.8 Å². The lowest BCUT2D eigenvalue weighted by Gasteiger charge is -2.38. The van der Waals surface area contributed by atoms with Crippen molar-refractivity contribution >= 4 is 23.6 Å². The predicted molar refractivity (Wildman–Crippen MR) is 126 cm³/mol. The predicted octanol–water partition coefficient (Wildman–Crippen LogP) is 1.80. The first-order valence-corrected chi connectivity index (χ1v) is 12.5. The number of halogens is 3. The molecule has 3 N–H and O–H groups in total. The van der Waals surface area contributed by atoms with E-state index in [-0.39, 0.29) is 43.2 Å². The second-order valence-corrected chi connectivity index (χ2v) is 11.2. The van der Waals surface area contributed by atoms with E-state index in [2.05, 4.69) is 10.6 Å². The van der Waals surface area contributed by atoms with Gasteiger partial charge in [-0.15, -0.1) is 0 Å². The average Bonchev–Trinajstić information content (AvgIpc) is 3.38. The molecule has 12 heteroatoms. The maximum Gasteiger partial charge on any atom is 0.471 e. The summed E-state index contributed by atoms with van der Waals surface area (Å²) in [4.78, 5) is 52.9. The molecule has 1 unspecified atom stereocenters. The van der Waals surface area contributed by atoms with Gasteiger partial charge < -0.3 is 20.9 Å². The minimum atomic E-state index is -5.20. The molecule has 0 aromatic heterocycles. The van der Waals surface area contributed by atoms with Gasteiger partial charge in [-0.2, -0.15) is 18.4 Å². The van der Waals surface area contributed by atoms with Crippen LogP contribution in [0.15, 0.2) is 12.2 Å². The van der Waals surface area contributed by atoms with Crippen molar-refractivity contribution in [3.05, 3.63) is 12.2 Å². The zero-order valence-corrected chi connectivity index (χ0v) is 21.4. The number of carbonyl (C=O) groups excluding carboxylic acids is 4. The summed E-state index contributed by atoms with van der Waals surface area (Å²) in [5.74, 6) is -4.72. The van der Waals surface area contributed by atoms with E-state index in [1.165, 1.54) is 4.90 Å². The van der Waals surface area contributed by atoms with Gasteiger partial charge in [0.2, 0.25) is 17.7 Å². The molecule has 3 aliphatic rings. The highest BCUT2D eigenvalue weighted by Gasteiger charge is 2.50. The molecule has 2 fully saturated rings. The van der Waals surface area contributed by atoms with Crippen molar-refractivity contribution in [2.75, 3.05) is 6.54 Å². The molecule has 4 amide bonds. The molecule has 3 rings (SSSR count). The third-order valence-corrected chi connectivity index (χ3v) is 7.66. The summed E-state index contributed by atoms with van der Waals surface area (Å²) < 4.78 is 39.6. The van der Waals surface area contributed by atoms with Gasteiger partial charge in [0.25, 0.3) is 0 Å². The first-order valence-electron chi connectivity index (χ1n) is 12.5. The first-order chi connectivity index (χ1) is 17.2. The van der Waals surface area contributed by atoms with Crippen molar-refractivity contribution in [3.63, 3.8) is 0 Å². The molecule has 3 heterocycles. The van der Waals surface area contributed by atoms with Gasteiger partial charge >= 0.3 is 12.1 Å². The van der Waals surface area contributed by atoms with Gasteiger partial charge in [0.15, 0.2) is 0 Å². The van der Waals surface area contributed by atoms with Crippen molar-refractivity contribution in [2.24, 2.45) is 23.2 Å². The molecule has 9 nitrogen and oxygen atoms in total. The van der Waals surface area contributed by atoms with Crippen molar-refractivity contribution in [2.45, 2.75) is 83.7 Å². The Balaban J connectivity index is 2.05. The van der Waals surface area contributed by atoms with Crippen LogP contribution >= 0.6 is 0 Å². The van der Waals surface area contributed by atoms with Crippen LogP contribution in [0.3, 0.4) is 0 Å². The molecular formula is C25H34F3N5O4. The van der Waals surface area contributed by atoms with E-state index < -0.39 is 53.4 Å². The molecule has 0 aromatic carbocycles. The second kappa shape index (κ2) is 10.7. The number of carbonyl (C=O) groups is 4. The molecule has 6 atom stereocenters. The number of rotatable bonds is 2. The third kappa shape index (κ3) is 6.25. The molecule has 0 aliphatic carbocycles. The van der Waals surface area contributed by atoms with Gasteiger partial charge in [-0.1, -0.05) is 39.8 Å². The van der Waals surface area contributed by atoms with Crippen LogP contribution in [0.2, 0.25) is 0 Å². The minimum absolute atomic E-state index is 0.0447. The highest BCUT2D eigenvalue weighted by molar-refractivity contribution is 5.94. The van der Waals surface area contributed by atoms with Crippen LogP contribution in [0, 0.1) is 34.5 Å². The molecule has 0 saturated carbocycles. The lowest BCUT2D eigenvalue weighted by Crippen LogP contribution is -2.61. The molecule has 204 valence electrons. The second-order valence-electron chi connectivity index (χ2n) is 11.2. The number of amides is 4. The molecule has 0 spiro atoms. The van der Waals surface area contributed by atoms with E-state index in [0.717, 1.165) is 0 Å². The number of hydrogen-bond acceptors (Lipinski definition) is 5. The van der Waals surface area contributed by atoms with Crippen molar-refractivity contribution in [3.8, 4) is 6.07 Å². The molecule has 2 saturated heterocycles. The van der Waals surface area contributed by atoms with Gasteiger partial charge in [-0.25, -0.2) is 0 Å². The monoisotopic (exact) mass is 525 g/mol. The number of allylic oxidation sites excluding steroid dienone is 1. The fourth-order valence-corrected chi connectivity index (χ4v) is 5.51. The number of nitrogens with zero attached hydrogens (tertiary/aromatic N) is 2. The van der Waals surface area contributed by atoms with E-state index in [9.17, 15) is 37.6 Å². The van der Waals surface area contributed by atoms with Crippen LogP contribution in [-0.4, -0.2) is 65.4 Å². The summed E-state index contributed by atoms with van der Waals surface area (Å²) in [5.41, 5.74) is -1.16. The normalized spacial score (nSPS) is 33.5. The summed E-state index contributed by atoms with van der Waals surface area (Å²) in [7, 11) is 0. The van der Waals surface area contributed by atoms with E-state index in [1.807, 2.05) is 25.2 Å². The van der Waals surface area contributed by atoms with Crippen LogP contribution < -0.4 is 16.0 Å². The summed E-state index contributed by atoms with van der Waals surface area (Å²) in [6.07, 6.45) is -0.767. The Labute approximate surface area is 214 Å². The Morgan fingerprint density at radius 1 is 1.19 bits per heavy atom. The smallest absolute Gasteiger partial charge is 0.350 e. The fourth-order valence-electron chi connectivity index (χ4n) is 5.51. The maximum atomic E-state index is 13.8. The number of fused-ring (bicyclic) bond motifs is 3. The zero-order valence-electron chi connectivity index (χ0n) is 21.4. The Morgan fingerprint density at radius 3 is 2.46 bits per heavy atom. The van der Waals surface area contributed by atoms with Gasteiger partial charge in [-0.05, 0) is 42.9 Å². The largest absolute Gasteiger partial charge is 0.471 e. The summed E-state index contributed by atoms with van der Waals surface area (Å²) in [6.45, 7) is 7.02. The molecule has 0 radical (unpaired) electrons. The van der Waals surface area contributed by atoms with E-state index in [1.54, 1.807) is 26.0 Å². The molecular weight excluding hydrogens is 491 g/mol. The zero-order chi connectivity index (χ0) is 27.7. The summed E-state index contributed by atoms with van der Waals surface area (Å²) >= 11 is 0. The minimum Gasteiger partial charge on any atom is -0.350 e. The van der Waals surface area contributed by atoms with Gasteiger partial charge in [0.1, 0.15) is 18.1 Å².